The quantitative estimate of drug-likeness (QED) is 0.743. The van der Waals surface area contributed by atoms with Gasteiger partial charge in [-0.25, -0.2) is 0 Å². The maximum absolute atomic E-state index is 4.33. The maximum Gasteiger partial charge on any atom is 0.0803 e. The van der Waals surface area contributed by atoms with Gasteiger partial charge in [0.05, 0.1) is 10.6 Å². The summed E-state index contributed by atoms with van der Waals surface area (Å²) in [6.07, 6.45) is 5.47. The maximum atomic E-state index is 4.33. The number of nitrogens with one attached hydrogen (secondary N) is 1. The molecule has 0 aliphatic carbocycles. The zero-order chi connectivity index (χ0) is 15.1. The molecule has 0 bridgehead atoms. The Morgan fingerprint density at radius 2 is 1.95 bits per heavy atom. The summed E-state index contributed by atoms with van der Waals surface area (Å²) in [6.45, 7) is 7.67. The zero-order valence-corrected chi connectivity index (χ0v) is 14.8. The van der Waals surface area contributed by atoms with Crippen LogP contribution in [-0.4, -0.2) is 16.1 Å². The fraction of sp³-hybridized carbons (Fsp3) is 0.625. The monoisotopic (exact) mass is 323 g/mol. The Balaban J connectivity index is 2.14. The Morgan fingerprint density at radius 1 is 1.14 bits per heavy atom. The second-order valence-corrected chi connectivity index (χ2v) is 7.30. The summed E-state index contributed by atoms with van der Waals surface area (Å²) in [5, 5.41) is 8.01. The molecule has 0 aliphatic rings. The summed E-state index contributed by atoms with van der Waals surface area (Å²) in [4.78, 5) is 4.25. The highest BCUT2D eigenvalue weighted by molar-refractivity contribution is 7.12. The number of aryl methyl sites for hydroxylation is 2. The van der Waals surface area contributed by atoms with Crippen LogP contribution in [0.3, 0.4) is 0 Å². The number of thiophene rings is 1. The molecule has 1 N–H and O–H groups in total. The smallest absolute Gasteiger partial charge is 0.0803 e. The van der Waals surface area contributed by atoms with Gasteiger partial charge in [0.2, 0.25) is 0 Å². The van der Waals surface area contributed by atoms with Gasteiger partial charge in [-0.15, -0.1) is 16.4 Å². The summed E-state index contributed by atoms with van der Waals surface area (Å²) < 4.78 is 4.19. The first kappa shape index (κ1) is 16.6. The summed E-state index contributed by atoms with van der Waals surface area (Å²) in [7, 11) is 0. The van der Waals surface area contributed by atoms with Crippen LogP contribution in [0.25, 0.3) is 0 Å². The highest BCUT2D eigenvalue weighted by atomic mass is 32.1. The van der Waals surface area contributed by atoms with E-state index < -0.39 is 0 Å². The van der Waals surface area contributed by atoms with Gasteiger partial charge in [0, 0.05) is 22.2 Å². The van der Waals surface area contributed by atoms with E-state index in [2.05, 4.69) is 47.8 Å². The van der Waals surface area contributed by atoms with Crippen LogP contribution in [-0.2, 0) is 19.3 Å². The van der Waals surface area contributed by atoms with Crippen LogP contribution in [0.4, 0.5) is 0 Å². The van der Waals surface area contributed by atoms with E-state index in [1.807, 2.05) is 11.3 Å². The van der Waals surface area contributed by atoms with E-state index in [1.54, 1.807) is 11.5 Å². The Bertz CT molecular complexity index is 533. The topological polar surface area (TPSA) is 37.8 Å². The van der Waals surface area contributed by atoms with Crippen molar-refractivity contribution in [2.45, 2.75) is 58.9 Å². The van der Waals surface area contributed by atoms with Crippen molar-refractivity contribution in [3.8, 4) is 0 Å². The third-order valence-electron chi connectivity index (χ3n) is 3.50. The predicted molar refractivity (Wildman–Crippen MR) is 92.3 cm³/mol. The van der Waals surface area contributed by atoms with E-state index in [1.165, 1.54) is 20.3 Å². The molecular formula is C16H25N3S2. The molecule has 116 valence electrons. The predicted octanol–water partition coefficient (Wildman–Crippen LogP) is 4.40. The molecule has 0 radical (unpaired) electrons. The van der Waals surface area contributed by atoms with E-state index in [0.717, 1.165) is 38.6 Å². The second-order valence-electron chi connectivity index (χ2n) is 5.27. The van der Waals surface area contributed by atoms with Crippen molar-refractivity contribution < 1.29 is 0 Å². The molecule has 1 unspecified atom stereocenters. The first-order chi connectivity index (χ1) is 10.3. The molecule has 1 atom stereocenters. The van der Waals surface area contributed by atoms with Crippen molar-refractivity contribution >= 4 is 22.9 Å². The Labute approximate surface area is 136 Å². The molecule has 3 nitrogen and oxygen atoms in total. The lowest BCUT2D eigenvalue weighted by Gasteiger charge is -2.17. The molecule has 0 amide bonds. The van der Waals surface area contributed by atoms with Crippen LogP contribution in [0.5, 0.6) is 0 Å². The third-order valence-corrected chi connectivity index (χ3v) is 5.63. The van der Waals surface area contributed by atoms with Gasteiger partial charge in [-0.05, 0) is 49.5 Å². The first-order valence-electron chi connectivity index (χ1n) is 7.90. The molecule has 2 rings (SSSR count). The van der Waals surface area contributed by atoms with Gasteiger partial charge in [-0.3, -0.25) is 0 Å². The minimum Gasteiger partial charge on any atom is -0.309 e. The molecule has 2 aromatic heterocycles. The number of nitrogens with zero attached hydrogens (tertiary/aromatic N) is 2. The van der Waals surface area contributed by atoms with Crippen molar-refractivity contribution in [1.82, 2.24) is 14.9 Å². The normalized spacial score (nSPS) is 12.7. The van der Waals surface area contributed by atoms with E-state index in [4.69, 9.17) is 0 Å². The second kappa shape index (κ2) is 8.61. The van der Waals surface area contributed by atoms with Gasteiger partial charge in [-0.2, -0.15) is 0 Å². The van der Waals surface area contributed by atoms with E-state index in [0.29, 0.717) is 6.04 Å². The van der Waals surface area contributed by atoms with Crippen LogP contribution < -0.4 is 5.32 Å². The van der Waals surface area contributed by atoms with Crippen LogP contribution in [0, 0.1) is 0 Å². The van der Waals surface area contributed by atoms with Gasteiger partial charge in [0.25, 0.3) is 0 Å². The van der Waals surface area contributed by atoms with Crippen LogP contribution in [0.15, 0.2) is 12.1 Å². The summed E-state index contributed by atoms with van der Waals surface area (Å²) in [5.41, 5.74) is 1.18. The summed E-state index contributed by atoms with van der Waals surface area (Å²) in [5.74, 6) is 0. The minimum atomic E-state index is 0.356. The SMILES string of the molecule is CCCNC(Cc1ccc(CC)s1)c1snnc1CCC. The molecule has 0 spiro atoms. The number of hydrogen-bond donors (Lipinski definition) is 1. The van der Waals surface area contributed by atoms with E-state index in [9.17, 15) is 0 Å². The molecule has 0 aromatic carbocycles. The van der Waals surface area contributed by atoms with Gasteiger partial charge < -0.3 is 5.32 Å². The average molecular weight is 324 g/mol. The lowest BCUT2D eigenvalue weighted by Crippen LogP contribution is -2.24. The number of aromatic nitrogens is 2. The molecule has 0 aliphatic heterocycles. The summed E-state index contributed by atoms with van der Waals surface area (Å²) >= 11 is 3.50. The number of rotatable bonds is 9. The summed E-state index contributed by atoms with van der Waals surface area (Å²) in [6, 6.07) is 4.89. The highest BCUT2D eigenvalue weighted by Crippen LogP contribution is 2.28. The molecule has 0 saturated carbocycles. The van der Waals surface area contributed by atoms with Crippen LogP contribution in [0.1, 0.15) is 60.0 Å². The average Bonchev–Trinajstić information content (AvgIpc) is 3.13. The van der Waals surface area contributed by atoms with Crippen LogP contribution >= 0.6 is 22.9 Å². The fourth-order valence-electron chi connectivity index (χ4n) is 2.39. The van der Waals surface area contributed by atoms with Crippen molar-refractivity contribution in [2.75, 3.05) is 6.54 Å². The molecule has 2 heterocycles. The Kier molecular flexibility index (Phi) is 6.80. The molecule has 5 heteroatoms. The largest absolute Gasteiger partial charge is 0.309 e. The Hall–Kier alpha value is -0.780. The van der Waals surface area contributed by atoms with Gasteiger partial charge in [0.1, 0.15) is 0 Å². The highest BCUT2D eigenvalue weighted by Gasteiger charge is 2.19. The lowest BCUT2D eigenvalue weighted by molar-refractivity contribution is 0.534. The molecule has 0 fully saturated rings. The standard InChI is InChI=1S/C16H25N3S2/c1-4-7-14-16(21-19-18-14)15(17-10-5-2)11-13-9-8-12(6-3)20-13/h8-9,15,17H,4-7,10-11H2,1-3H3. The van der Waals surface area contributed by atoms with Crippen molar-refractivity contribution in [3.63, 3.8) is 0 Å². The molecule has 21 heavy (non-hydrogen) atoms. The molecule has 0 saturated heterocycles. The van der Waals surface area contributed by atoms with E-state index in [-0.39, 0.29) is 0 Å². The van der Waals surface area contributed by atoms with Gasteiger partial charge in [0.15, 0.2) is 0 Å². The number of hydrogen-bond acceptors (Lipinski definition) is 5. The van der Waals surface area contributed by atoms with E-state index >= 15 is 0 Å². The lowest BCUT2D eigenvalue weighted by atomic mass is 10.1. The fourth-order valence-corrected chi connectivity index (χ4v) is 4.16. The zero-order valence-electron chi connectivity index (χ0n) is 13.2. The molecule has 2 aromatic rings. The van der Waals surface area contributed by atoms with Gasteiger partial charge in [-0.1, -0.05) is 31.7 Å². The van der Waals surface area contributed by atoms with Crippen molar-refractivity contribution in [1.29, 1.82) is 0 Å². The third kappa shape index (κ3) is 4.59. The first-order valence-corrected chi connectivity index (χ1v) is 9.49. The Morgan fingerprint density at radius 3 is 2.62 bits per heavy atom. The van der Waals surface area contributed by atoms with Crippen LogP contribution in [0.2, 0.25) is 0 Å². The molecular weight excluding hydrogens is 298 g/mol. The van der Waals surface area contributed by atoms with Crippen molar-refractivity contribution in [3.05, 3.63) is 32.5 Å². The minimum absolute atomic E-state index is 0.356. The van der Waals surface area contributed by atoms with Crippen molar-refractivity contribution in [2.24, 2.45) is 0 Å². The van der Waals surface area contributed by atoms with Gasteiger partial charge >= 0.3 is 0 Å².